The van der Waals surface area contributed by atoms with Crippen LogP contribution in [0, 0.1) is 0 Å². The second-order valence-corrected chi connectivity index (χ2v) is 6.47. The zero-order valence-electron chi connectivity index (χ0n) is 13.3. The first-order chi connectivity index (χ1) is 11.0. The van der Waals surface area contributed by atoms with Crippen molar-refractivity contribution in [2.45, 2.75) is 19.5 Å². The highest BCUT2D eigenvalue weighted by molar-refractivity contribution is 6.36. The van der Waals surface area contributed by atoms with Gasteiger partial charge >= 0.3 is 0 Å². The van der Waals surface area contributed by atoms with Crippen LogP contribution in [0.5, 0.6) is 0 Å². The molecule has 122 valence electrons. The van der Waals surface area contributed by atoms with E-state index in [-0.39, 0.29) is 12.3 Å². The minimum absolute atomic E-state index is 0.0975. The quantitative estimate of drug-likeness (QED) is 0.856. The molecule has 1 N–H and O–H groups in total. The highest BCUT2D eigenvalue weighted by atomic mass is 35.5. The number of nitrogens with zero attached hydrogens (tertiary/aromatic N) is 1. The molecule has 0 unspecified atom stereocenters. The van der Waals surface area contributed by atoms with Crippen molar-refractivity contribution in [3.63, 3.8) is 0 Å². The fourth-order valence-corrected chi connectivity index (χ4v) is 2.87. The van der Waals surface area contributed by atoms with Gasteiger partial charge in [-0.05, 0) is 42.9 Å². The lowest BCUT2D eigenvalue weighted by molar-refractivity contribution is -0.120. The zero-order chi connectivity index (χ0) is 16.8. The minimum atomic E-state index is -0.0975. The molecule has 0 atom stereocenters. The van der Waals surface area contributed by atoms with Crippen LogP contribution in [0.3, 0.4) is 0 Å². The third-order valence-electron chi connectivity index (χ3n) is 3.48. The number of nitrogens with one attached hydrogen (secondary N) is 1. The number of rotatable bonds is 6. The molecule has 23 heavy (non-hydrogen) atoms. The summed E-state index contributed by atoms with van der Waals surface area (Å²) in [5, 5.41) is 3.97. The molecule has 0 aromatic heterocycles. The summed E-state index contributed by atoms with van der Waals surface area (Å²) in [6.07, 6.45) is 0.175. The molecule has 0 bridgehead atoms. The zero-order valence-corrected chi connectivity index (χ0v) is 14.8. The summed E-state index contributed by atoms with van der Waals surface area (Å²) in [6, 6.07) is 13.3. The first-order valence-corrected chi connectivity index (χ1v) is 8.14. The molecule has 0 radical (unpaired) electrons. The Bertz CT molecular complexity index is 666. The molecule has 0 fully saturated rings. The van der Waals surface area contributed by atoms with Gasteiger partial charge < -0.3 is 10.2 Å². The van der Waals surface area contributed by atoms with Gasteiger partial charge in [0.05, 0.1) is 6.42 Å². The Morgan fingerprint density at radius 1 is 1.00 bits per heavy atom. The average molecular weight is 351 g/mol. The van der Waals surface area contributed by atoms with Gasteiger partial charge in [0.25, 0.3) is 0 Å². The van der Waals surface area contributed by atoms with Crippen LogP contribution in [0.15, 0.2) is 42.5 Å². The molecule has 2 aromatic rings. The van der Waals surface area contributed by atoms with Gasteiger partial charge in [0.15, 0.2) is 0 Å². The highest BCUT2D eigenvalue weighted by Gasteiger charge is 2.11. The van der Waals surface area contributed by atoms with Crippen molar-refractivity contribution in [1.82, 2.24) is 10.2 Å². The van der Waals surface area contributed by atoms with E-state index in [0.717, 1.165) is 12.1 Å². The van der Waals surface area contributed by atoms with Crippen LogP contribution >= 0.6 is 23.2 Å². The van der Waals surface area contributed by atoms with Crippen LogP contribution in [-0.4, -0.2) is 24.9 Å². The van der Waals surface area contributed by atoms with Crippen molar-refractivity contribution in [3.8, 4) is 0 Å². The Kier molecular flexibility index (Phi) is 6.46. The first kappa shape index (κ1) is 17.8. The molecule has 5 heteroatoms. The predicted octanol–water partition coefficient (Wildman–Crippen LogP) is 3.91. The summed E-state index contributed by atoms with van der Waals surface area (Å²) < 4.78 is 0. The van der Waals surface area contributed by atoms with Gasteiger partial charge in [0.1, 0.15) is 0 Å². The number of hydrogen-bond acceptors (Lipinski definition) is 2. The van der Waals surface area contributed by atoms with E-state index in [9.17, 15) is 4.79 Å². The number of carbonyl (C=O) groups is 1. The summed E-state index contributed by atoms with van der Waals surface area (Å²) in [5.41, 5.74) is 2.98. The number of carbonyl (C=O) groups excluding carboxylic acids is 1. The Morgan fingerprint density at radius 2 is 1.61 bits per heavy atom. The highest BCUT2D eigenvalue weighted by Crippen LogP contribution is 2.24. The van der Waals surface area contributed by atoms with Crippen molar-refractivity contribution in [1.29, 1.82) is 0 Å². The maximum atomic E-state index is 12.2. The van der Waals surface area contributed by atoms with Crippen molar-refractivity contribution < 1.29 is 4.79 Å². The van der Waals surface area contributed by atoms with Crippen molar-refractivity contribution in [2.24, 2.45) is 0 Å². The lowest BCUT2D eigenvalue weighted by atomic mass is 10.1. The molecule has 2 aromatic carbocycles. The van der Waals surface area contributed by atoms with Gasteiger partial charge in [0.2, 0.25) is 5.91 Å². The molecule has 0 saturated carbocycles. The molecule has 0 aliphatic rings. The van der Waals surface area contributed by atoms with Gasteiger partial charge in [-0.2, -0.15) is 0 Å². The van der Waals surface area contributed by atoms with Crippen molar-refractivity contribution in [2.75, 3.05) is 14.1 Å². The van der Waals surface area contributed by atoms with E-state index in [1.807, 2.05) is 32.3 Å². The molecular formula is C18H20Cl2N2O. The van der Waals surface area contributed by atoms with E-state index in [1.165, 1.54) is 5.56 Å². The van der Waals surface area contributed by atoms with E-state index in [2.05, 4.69) is 16.3 Å². The Hall–Kier alpha value is -1.55. The van der Waals surface area contributed by atoms with Gasteiger partial charge in [-0.25, -0.2) is 0 Å². The topological polar surface area (TPSA) is 32.3 Å². The molecule has 1 amide bonds. The van der Waals surface area contributed by atoms with Crippen LogP contribution < -0.4 is 5.32 Å². The maximum absolute atomic E-state index is 12.2. The van der Waals surface area contributed by atoms with Gasteiger partial charge in [-0.3, -0.25) is 4.79 Å². The number of hydrogen-bond donors (Lipinski definition) is 1. The average Bonchev–Trinajstić information content (AvgIpc) is 2.50. The van der Waals surface area contributed by atoms with E-state index in [4.69, 9.17) is 23.2 Å². The van der Waals surface area contributed by atoms with Gasteiger partial charge in [0, 0.05) is 23.1 Å². The second kappa shape index (κ2) is 8.34. The summed E-state index contributed by atoms with van der Waals surface area (Å²) in [6.45, 7) is 1.33. The fourth-order valence-electron chi connectivity index (χ4n) is 2.34. The van der Waals surface area contributed by atoms with Crippen molar-refractivity contribution in [3.05, 3.63) is 69.2 Å². The Labute approximate surface area is 147 Å². The van der Waals surface area contributed by atoms with Crippen molar-refractivity contribution >= 4 is 29.1 Å². The third kappa shape index (κ3) is 5.24. The van der Waals surface area contributed by atoms with Crippen LogP contribution in [0.4, 0.5) is 0 Å². The number of halogens is 2. The van der Waals surface area contributed by atoms with Crippen LogP contribution in [0.1, 0.15) is 16.7 Å². The Balaban J connectivity index is 2.00. The molecule has 0 aliphatic heterocycles. The van der Waals surface area contributed by atoms with E-state index < -0.39 is 0 Å². The predicted molar refractivity (Wildman–Crippen MR) is 95.8 cm³/mol. The lowest BCUT2D eigenvalue weighted by Gasteiger charge is -2.15. The molecule has 3 nitrogen and oxygen atoms in total. The minimum Gasteiger partial charge on any atom is -0.352 e. The number of amides is 1. The van der Waals surface area contributed by atoms with Gasteiger partial charge in [-0.1, -0.05) is 53.5 Å². The summed E-state index contributed by atoms with van der Waals surface area (Å²) in [5.74, 6) is -0.0975. The monoisotopic (exact) mass is 350 g/mol. The molecule has 0 heterocycles. The van der Waals surface area contributed by atoms with Crippen LogP contribution in [-0.2, 0) is 24.3 Å². The summed E-state index contributed by atoms with van der Waals surface area (Å²) >= 11 is 12.2. The summed E-state index contributed by atoms with van der Waals surface area (Å²) in [4.78, 5) is 14.3. The fraction of sp³-hybridized carbons (Fsp3) is 0.278. The first-order valence-electron chi connectivity index (χ1n) is 7.38. The molecular weight excluding hydrogens is 331 g/mol. The second-order valence-electron chi connectivity index (χ2n) is 5.66. The number of benzene rings is 2. The van der Waals surface area contributed by atoms with Crippen LogP contribution in [0.2, 0.25) is 10.0 Å². The standard InChI is InChI=1S/C18H20Cl2N2O/c1-22(2)12-14-7-4-3-6-13(14)11-21-18(23)10-15-16(19)8-5-9-17(15)20/h3-9H,10-12H2,1-2H3,(H,21,23). The SMILES string of the molecule is CN(C)Cc1ccccc1CNC(=O)Cc1c(Cl)cccc1Cl. The summed E-state index contributed by atoms with van der Waals surface area (Å²) in [7, 11) is 4.05. The van der Waals surface area contributed by atoms with Crippen LogP contribution in [0.25, 0.3) is 0 Å². The normalized spacial score (nSPS) is 10.8. The van der Waals surface area contributed by atoms with Gasteiger partial charge in [-0.15, -0.1) is 0 Å². The lowest BCUT2D eigenvalue weighted by Crippen LogP contribution is -2.25. The molecule has 0 spiro atoms. The smallest absolute Gasteiger partial charge is 0.224 e. The maximum Gasteiger partial charge on any atom is 0.224 e. The molecule has 2 rings (SSSR count). The third-order valence-corrected chi connectivity index (χ3v) is 4.19. The molecule has 0 aliphatic carbocycles. The van der Waals surface area contributed by atoms with E-state index >= 15 is 0 Å². The largest absolute Gasteiger partial charge is 0.352 e. The van der Waals surface area contributed by atoms with E-state index in [0.29, 0.717) is 22.2 Å². The molecule has 0 saturated heterocycles. The van der Waals surface area contributed by atoms with E-state index in [1.54, 1.807) is 18.2 Å². The Morgan fingerprint density at radius 3 is 2.22 bits per heavy atom.